The Hall–Kier alpha value is -2.64. The molecule has 1 aromatic heterocycles. The van der Waals surface area contributed by atoms with Crippen LogP contribution in [-0.4, -0.2) is 29.0 Å². The zero-order valence-electron chi connectivity index (χ0n) is 15.3. The molecule has 28 heavy (non-hydrogen) atoms. The molecule has 1 aliphatic rings. The third-order valence-corrected chi connectivity index (χ3v) is 5.58. The van der Waals surface area contributed by atoms with Crippen LogP contribution in [0.25, 0.3) is 0 Å². The van der Waals surface area contributed by atoms with E-state index >= 15 is 0 Å². The minimum absolute atomic E-state index is 0.0380. The second-order valence-corrected chi connectivity index (χ2v) is 7.29. The van der Waals surface area contributed by atoms with Gasteiger partial charge in [-0.3, -0.25) is 0 Å². The molecule has 0 bridgehead atoms. The maximum atomic E-state index is 6.22. The van der Waals surface area contributed by atoms with E-state index in [0.29, 0.717) is 33.9 Å². The molecule has 2 atom stereocenters. The van der Waals surface area contributed by atoms with Crippen molar-refractivity contribution in [2.24, 2.45) is 0 Å². The second-order valence-electron chi connectivity index (χ2n) is 6.47. The Morgan fingerprint density at radius 2 is 1.79 bits per heavy atom. The minimum atomic E-state index is -0.0969. The van der Waals surface area contributed by atoms with E-state index in [9.17, 15) is 0 Å². The fourth-order valence-corrected chi connectivity index (χ4v) is 3.79. The van der Waals surface area contributed by atoms with Crippen molar-refractivity contribution in [1.82, 2.24) is 14.8 Å². The SMILES string of the molecule is COc1ccc([C@@H]2C[C@H](c3ccc(Cl)c(Cl)c3)Nc3nc(N)nn32)cc1OC. The van der Waals surface area contributed by atoms with Crippen molar-refractivity contribution in [2.75, 3.05) is 25.3 Å². The molecule has 0 radical (unpaired) electrons. The summed E-state index contributed by atoms with van der Waals surface area (Å²) < 4.78 is 12.6. The summed E-state index contributed by atoms with van der Waals surface area (Å²) in [4.78, 5) is 4.32. The summed E-state index contributed by atoms with van der Waals surface area (Å²) in [5.41, 5.74) is 7.88. The van der Waals surface area contributed by atoms with Crippen LogP contribution in [0.5, 0.6) is 11.5 Å². The van der Waals surface area contributed by atoms with Crippen LogP contribution in [0.2, 0.25) is 10.0 Å². The molecular formula is C19H19Cl2N5O2. The Morgan fingerprint density at radius 3 is 2.50 bits per heavy atom. The number of nitrogen functional groups attached to an aromatic ring is 1. The zero-order chi connectivity index (χ0) is 19.8. The van der Waals surface area contributed by atoms with Gasteiger partial charge in [-0.25, -0.2) is 4.68 Å². The van der Waals surface area contributed by atoms with Crippen LogP contribution in [0.4, 0.5) is 11.9 Å². The van der Waals surface area contributed by atoms with Crippen molar-refractivity contribution < 1.29 is 9.47 Å². The van der Waals surface area contributed by atoms with Crippen LogP contribution in [-0.2, 0) is 0 Å². The smallest absolute Gasteiger partial charge is 0.241 e. The van der Waals surface area contributed by atoms with Crippen molar-refractivity contribution in [1.29, 1.82) is 0 Å². The number of aromatic nitrogens is 3. The van der Waals surface area contributed by atoms with Gasteiger partial charge in [0.05, 0.1) is 36.3 Å². The number of ether oxygens (including phenoxy) is 2. The Balaban J connectivity index is 1.76. The van der Waals surface area contributed by atoms with E-state index < -0.39 is 0 Å². The van der Waals surface area contributed by atoms with Gasteiger partial charge in [0.25, 0.3) is 0 Å². The number of methoxy groups -OCH3 is 2. The van der Waals surface area contributed by atoms with Crippen molar-refractivity contribution in [3.8, 4) is 11.5 Å². The molecule has 0 saturated heterocycles. The molecule has 2 aromatic carbocycles. The molecule has 3 aromatic rings. The van der Waals surface area contributed by atoms with Gasteiger partial charge in [-0.15, -0.1) is 5.10 Å². The summed E-state index contributed by atoms with van der Waals surface area (Å²) in [6.07, 6.45) is 0.712. The molecular weight excluding hydrogens is 401 g/mol. The highest BCUT2D eigenvalue weighted by Gasteiger charge is 2.31. The number of fused-ring (bicyclic) bond motifs is 1. The van der Waals surface area contributed by atoms with E-state index in [-0.39, 0.29) is 18.0 Å². The summed E-state index contributed by atoms with van der Waals surface area (Å²) in [5, 5.41) is 8.78. The molecule has 1 aliphatic heterocycles. The summed E-state index contributed by atoms with van der Waals surface area (Å²) in [6, 6.07) is 11.3. The van der Waals surface area contributed by atoms with E-state index in [1.807, 2.05) is 30.3 Å². The van der Waals surface area contributed by atoms with Gasteiger partial charge in [0.2, 0.25) is 11.9 Å². The monoisotopic (exact) mass is 419 g/mol. The Labute approximate surface area is 172 Å². The van der Waals surface area contributed by atoms with Gasteiger partial charge in [-0.1, -0.05) is 35.3 Å². The number of rotatable bonds is 4. The van der Waals surface area contributed by atoms with Crippen LogP contribution in [0.3, 0.4) is 0 Å². The van der Waals surface area contributed by atoms with Gasteiger partial charge in [0.15, 0.2) is 11.5 Å². The molecule has 0 unspecified atom stereocenters. The largest absolute Gasteiger partial charge is 0.493 e. The molecule has 3 N–H and O–H groups in total. The third kappa shape index (κ3) is 3.31. The van der Waals surface area contributed by atoms with Crippen LogP contribution in [0.1, 0.15) is 29.6 Å². The van der Waals surface area contributed by atoms with Crippen LogP contribution in [0, 0.1) is 0 Å². The molecule has 0 aliphatic carbocycles. The quantitative estimate of drug-likeness (QED) is 0.654. The van der Waals surface area contributed by atoms with E-state index in [4.69, 9.17) is 38.4 Å². The molecule has 0 amide bonds. The van der Waals surface area contributed by atoms with E-state index in [1.165, 1.54) is 0 Å². The topological polar surface area (TPSA) is 87.2 Å². The predicted molar refractivity (Wildman–Crippen MR) is 110 cm³/mol. The molecule has 9 heteroatoms. The van der Waals surface area contributed by atoms with Gasteiger partial charge in [-0.2, -0.15) is 4.98 Å². The second kappa shape index (κ2) is 7.41. The fourth-order valence-electron chi connectivity index (χ4n) is 3.48. The first-order valence-electron chi connectivity index (χ1n) is 8.65. The Bertz CT molecular complexity index is 1020. The minimum Gasteiger partial charge on any atom is -0.493 e. The molecule has 4 rings (SSSR count). The number of nitrogens with two attached hydrogens (primary N) is 1. The van der Waals surface area contributed by atoms with Gasteiger partial charge in [0.1, 0.15) is 0 Å². The number of benzene rings is 2. The van der Waals surface area contributed by atoms with E-state index in [0.717, 1.165) is 11.1 Å². The zero-order valence-corrected chi connectivity index (χ0v) is 16.8. The summed E-state index contributed by atoms with van der Waals surface area (Å²) in [6.45, 7) is 0. The predicted octanol–water partition coefficient (Wildman–Crippen LogP) is 4.33. The lowest BCUT2D eigenvalue weighted by Crippen LogP contribution is -2.28. The van der Waals surface area contributed by atoms with Crippen LogP contribution < -0.4 is 20.5 Å². The molecule has 146 valence electrons. The highest BCUT2D eigenvalue weighted by Crippen LogP contribution is 2.41. The van der Waals surface area contributed by atoms with Crippen molar-refractivity contribution in [3.05, 3.63) is 57.6 Å². The number of hydrogen-bond donors (Lipinski definition) is 2. The Kier molecular flexibility index (Phi) is 4.95. The lowest BCUT2D eigenvalue weighted by molar-refractivity contribution is 0.352. The molecule has 0 saturated carbocycles. The average molecular weight is 420 g/mol. The van der Waals surface area contributed by atoms with E-state index in [1.54, 1.807) is 25.0 Å². The maximum Gasteiger partial charge on any atom is 0.241 e. The molecule has 7 nitrogen and oxygen atoms in total. The Morgan fingerprint density at radius 1 is 1.04 bits per heavy atom. The first kappa shape index (κ1) is 18.7. The third-order valence-electron chi connectivity index (χ3n) is 4.84. The average Bonchev–Trinajstić information content (AvgIpc) is 3.08. The summed E-state index contributed by atoms with van der Waals surface area (Å²) >= 11 is 12.3. The van der Waals surface area contributed by atoms with Crippen LogP contribution >= 0.6 is 23.2 Å². The highest BCUT2D eigenvalue weighted by molar-refractivity contribution is 6.42. The van der Waals surface area contributed by atoms with E-state index in [2.05, 4.69) is 15.4 Å². The normalized spacial score (nSPS) is 18.3. The maximum absolute atomic E-state index is 6.22. The lowest BCUT2D eigenvalue weighted by Gasteiger charge is -2.32. The number of anilines is 2. The summed E-state index contributed by atoms with van der Waals surface area (Å²) in [5.74, 6) is 2.13. The van der Waals surface area contributed by atoms with Gasteiger partial charge >= 0.3 is 0 Å². The van der Waals surface area contributed by atoms with Gasteiger partial charge in [-0.05, 0) is 41.8 Å². The fraction of sp³-hybridized carbons (Fsp3) is 0.263. The highest BCUT2D eigenvalue weighted by atomic mass is 35.5. The van der Waals surface area contributed by atoms with Crippen molar-refractivity contribution >= 4 is 35.1 Å². The molecule has 0 spiro atoms. The summed E-state index contributed by atoms with van der Waals surface area (Å²) in [7, 11) is 3.22. The van der Waals surface area contributed by atoms with Crippen LogP contribution in [0.15, 0.2) is 36.4 Å². The number of hydrogen-bond acceptors (Lipinski definition) is 6. The molecule has 2 heterocycles. The van der Waals surface area contributed by atoms with Gasteiger partial charge in [0, 0.05) is 0 Å². The standard InChI is InChI=1S/C19H19Cl2N5O2/c1-27-16-6-4-11(8-17(16)28-2)15-9-14(10-3-5-12(20)13(21)7-10)23-19-24-18(22)25-26(15)19/h3-8,14-15H,9H2,1-2H3,(H3,22,23,24,25)/t14-,15+/m1/s1. The number of nitrogens with one attached hydrogen (secondary N) is 1. The lowest BCUT2D eigenvalue weighted by atomic mass is 9.93. The first-order chi connectivity index (χ1) is 13.5. The number of nitrogens with zero attached hydrogens (tertiary/aromatic N) is 3. The molecule has 0 fully saturated rings. The number of halogens is 2. The first-order valence-corrected chi connectivity index (χ1v) is 9.41. The van der Waals surface area contributed by atoms with Crippen molar-refractivity contribution in [2.45, 2.75) is 18.5 Å². The van der Waals surface area contributed by atoms with Gasteiger partial charge < -0.3 is 20.5 Å². The van der Waals surface area contributed by atoms with Crippen molar-refractivity contribution in [3.63, 3.8) is 0 Å².